The van der Waals surface area contributed by atoms with Crippen molar-refractivity contribution in [1.29, 1.82) is 0 Å². The maximum absolute atomic E-state index is 5.82. The minimum absolute atomic E-state index is 0.0494. The number of nitrogens with two attached hydrogens (primary N) is 1. The molecule has 0 fully saturated rings. The highest BCUT2D eigenvalue weighted by atomic mass is 32.2. The zero-order valence-corrected chi connectivity index (χ0v) is 11.3. The number of hydrogen-bond acceptors (Lipinski definition) is 5. The molecule has 0 aliphatic carbocycles. The van der Waals surface area contributed by atoms with Crippen molar-refractivity contribution in [3.8, 4) is 0 Å². The van der Waals surface area contributed by atoms with Crippen molar-refractivity contribution in [1.82, 2.24) is 10.1 Å². The second-order valence-corrected chi connectivity index (χ2v) is 5.98. The van der Waals surface area contributed by atoms with Crippen molar-refractivity contribution in [2.45, 2.75) is 51.3 Å². The van der Waals surface area contributed by atoms with Crippen LogP contribution in [0.4, 0.5) is 0 Å². The van der Waals surface area contributed by atoms with E-state index < -0.39 is 0 Å². The largest absolute Gasteiger partial charge is 0.338 e. The highest BCUT2D eigenvalue weighted by Gasteiger charge is 2.20. The lowest BCUT2D eigenvalue weighted by atomic mass is 9.96. The number of thioether (sulfide) groups is 1. The second kappa shape index (κ2) is 5.68. The molecule has 1 aromatic rings. The monoisotopic (exact) mass is 243 g/mol. The first-order valence-electron chi connectivity index (χ1n) is 5.60. The minimum atomic E-state index is -0.0494. The van der Waals surface area contributed by atoms with Gasteiger partial charge in [0.05, 0.1) is 5.75 Å². The van der Waals surface area contributed by atoms with Crippen molar-refractivity contribution in [3.05, 3.63) is 11.7 Å². The number of nitrogens with zero attached hydrogens (tertiary/aromatic N) is 2. The lowest BCUT2D eigenvalue weighted by Gasteiger charge is -2.10. The van der Waals surface area contributed by atoms with Gasteiger partial charge in [-0.1, -0.05) is 32.9 Å². The van der Waals surface area contributed by atoms with Crippen molar-refractivity contribution >= 4 is 11.8 Å². The van der Waals surface area contributed by atoms with Crippen LogP contribution in [0.2, 0.25) is 0 Å². The highest BCUT2D eigenvalue weighted by Crippen LogP contribution is 2.20. The molecule has 0 spiro atoms. The third kappa shape index (κ3) is 4.14. The number of hydrogen-bond donors (Lipinski definition) is 1. The first-order valence-corrected chi connectivity index (χ1v) is 6.75. The molecule has 1 rings (SSSR count). The summed E-state index contributed by atoms with van der Waals surface area (Å²) < 4.78 is 5.18. The predicted octanol–water partition coefficient (Wildman–Crippen LogP) is 2.34. The molecule has 5 heteroatoms. The van der Waals surface area contributed by atoms with Gasteiger partial charge in [0.1, 0.15) is 0 Å². The standard InChI is InChI=1S/C11H21N3OS/c1-5-8(12)6-16-7-9-13-10(14-15-9)11(2,3)4/h8H,5-7,12H2,1-4H3. The number of aromatic nitrogens is 2. The molecule has 16 heavy (non-hydrogen) atoms. The number of rotatable bonds is 5. The topological polar surface area (TPSA) is 64.9 Å². The lowest BCUT2D eigenvalue weighted by molar-refractivity contribution is 0.373. The molecule has 0 aliphatic heterocycles. The van der Waals surface area contributed by atoms with E-state index in [1.165, 1.54) is 0 Å². The van der Waals surface area contributed by atoms with Crippen LogP contribution in [0.3, 0.4) is 0 Å². The van der Waals surface area contributed by atoms with E-state index in [1.807, 2.05) is 0 Å². The van der Waals surface area contributed by atoms with Gasteiger partial charge in [-0.05, 0) is 6.42 Å². The third-order valence-corrected chi connectivity index (χ3v) is 3.34. The van der Waals surface area contributed by atoms with Gasteiger partial charge in [0.2, 0.25) is 5.89 Å². The molecule has 1 heterocycles. The van der Waals surface area contributed by atoms with Gasteiger partial charge in [-0.15, -0.1) is 0 Å². The summed E-state index contributed by atoms with van der Waals surface area (Å²) >= 11 is 1.74. The zero-order valence-electron chi connectivity index (χ0n) is 10.5. The average molecular weight is 243 g/mol. The first kappa shape index (κ1) is 13.5. The van der Waals surface area contributed by atoms with Gasteiger partial charge >= 0.3 is 0 Å². The summed E-state index contributed by atoms with van der Waals surface area (Å²) in [6.45, 7) is 8.31. The van der Waals surface area contributed by atoms with Gasteiger partial charge in [0, 0.05) is 17.2 Å². The molecule has 0 amide bonds. The van der Waals surface area contributed by atoms with Crippen LogP contribution < -0.4 is 5.73 Å². The van der Waals surface area contributed by atoms with Crippen molar-refractivity contribution < 1.29 is 4.52 Å². The summed E-state index contributed by atoms with van der Waals surface area (Å²) in [5.41, 5.74) is 5.77. The molecule has 0 saturated heterocycles. The summed E-state index contributed by atoms with van der Waals surface area (Å²) in [6, 6.07) is 0.259. The van der Waals surface area contributed by atoms with Gasteiger partial charge in [0.25, 0.3) is 0 Å². The fourth-order valence-corrected chi connectivity index (χ4v) is 1.98. The Hall–Kier alpha value is -0.550. The van der Waals surface area contributed by atoms with Gasteiger partial charge < -0.3 is 10.3 Å². The Balaban J connectivity index is 2.41. The minimum Gasteiger partial charge on any atom is -0.338 e. The van der Waals surface area contributed by atoms with Gasteiger partial charge in [-0.25, -0.2) is 0 Å². The molecule has 0 saturated carbocycles. The van der Waals surface area contributed by atoms with Crippen molar-refractivity contribution in [3.63, 3.8) is 0 Å². The van der Waals surface area contributed by atoms with Crippen LogP contribution in [0.1, 0.15) is 45.8 Å². The van der Waals surface area contributed by atoms with E-state index in [2.05, 4.69) is 37.8 Å². The van der Waals surface area contributed by atoms with Crippen LogP contribution >= 0.6 is 11.8 Å². The Morgan fingerprint density at radius 3 is 2.62 bits per heavy atom. The van der Waals surface area contributed by atoms with Gasteiger partial charge in [0.15, 0.2) is 5.82 Å². The summed E-state index contributed by atoms with van der Waals surface area (Å²) in [5, 5.41) is 3.97. The Labute approximate surface area is 101 Å². The first-order chi connectivity index (χ1) is 7.43. The third-order valence-electron chi connectivity index (χ3n) is 2.22. The molecule has 1 unspecified atom stereocenters. The molecule has 0 bridgehead atoms. The molecule has 0 aliphatic rings. The Kier molecular flexibility index (Phi) is 4.80. The maximum Gasteiger partial charge on any atom is 0.236 e. The van der Waals surface area contributed by atoms with E-state index in [9.17, 15) is 0 Å². The van der Waals surface area contributed by atoms with E-state index in [-0.39, 0.29) is 11.5 Å². The smallest absolute Gasteiger partial charge is 0.236 e. The van der Waals surface area contributed by atoms with Crippen LogP contribution in [0, 0.1) is 0 Å². The second-order valence-electron chi connectivity index (χ2n) is 4.95. The molecule has 1 aromatic heterocycles. The Morgan fingerprint density at radius 2 is 2.12 bits per heavy atom. The zero-order chi connectivity index (χ0) is 12.2. The molecule has 0 radical (unpaired) electrons. The summed E-state index contributed by atoms with van der Waals surface area (Å²) in [7, 11) is 0. The van der Waals surface area contributed by atoms with Gasteiger partial charge in [-0.2, -0.15) is 16.7 Å². The lowest BCUT2D eigenvalue weighted by Crippen LogP contribution is -2.21. The summed E-state index contributed by atoms with van der Waals surface area (Å²) in [6.07, 6.45) is 1.00. The van der Waals surface area contributed by atoms with Crippen LogP contribution in [0.15, 0.2) is 4.52 Å². The van der Waals surface area contributed by atoms with Gasteiger partial charge in [-0.3, -0.25) is 0 Å². The van der Waals surface area contributed by atoms with E-state index in [0.29, 0.717) is 5.89 Å². The van der Waals surface area contributed by atoms with Crippen molar-refractivity contribution in [2.24, 2.45) is 5.73 Å². The normalized spacial score (nSPS) is 14.1. The van der Waals surface area contributed by atoms with E-state index >= 15 is 0 Å². The average Bonchev–Trinajstić information content (AvgIpc) is 2.65. The van der Waals surface area contributed by atoms with E-state index in [0.717, 1.165) is 23.8 Å². The summed E-state index contributed by atoms with van der Waals surface area (Å²) in [4.78, 5) is 4.36. The SMILES string of the molecule is CCC(N)CSCc1nc(C(C)(C)C)no1. The Morgan fingerprint density at radius 1 is 1.44 bits per heavy atom. The molecular weight excluding hydrogens is 222 g/mol. The van der Waals surface area contributed by atoms with E-state index in [1.54, 1.807) is 11.8 Å². The van der Waals surface area contributed by atoms with Crippen molar-refractivity contribution in [2.75, 3.05) is 5.75 Å². The quantitative estimate of drug-likeness (QED) is 0.860. The molecule has 4 nitrogen and oxygen atoms in total. The van der Waals surface area contributed by atoms with Crippen LogP contribution in [-0.2, 0) is 11.2 Å². The molecular formula is C11H21N3OS. The summed E-state index contributed by atoms with van der Waals surface area (Å²) in [5.74, 6) is 3.14. The Bertz CT molecular complexity index is 319. The van der Waals surface area contributed by atoms with Crippen LogP contribution in [0.5, 0.6) is 0 Å². The van der Waals surface area contributed by atoms with Crippen LogP contribution in [0.25, 0.3) is 0 Å². The van der Waals surface area contributed by atoms with Crippen LogP contribution in [-0.4, -0.2) is 21.9 Å². The molecule has 2 N–H and O–H groups in total. The fraction of sp³-hybridized carbons (Fsp3) is 0.818. The maximum atomic E-state index is 5.82. The molecule has 1 atom stereocenters. The highest BCUT2D eigenvalue weighted by molar-refractivity contribution is 7.98. The predicted molar refractivity (Wildman–Crippen MR) is 67.4 cm³/mol. The fourth-order valence-electron chi connectivity index (χ4n) is 1.03. The molecule has 92 valence electrons. The molecule has 0 aromatic carbocycles. The van der Waals surface area contributed by atoms with E-state index in [4.69, 9.17) is 10.3 Å².